The number of nitrogens with one attached hydrogen (secondary N) is 1. The summed E-state index contributed by atoms with van der Waals surface area (Å²) < 4.78 is 50.2. The number of carbonyl (C=O) groups excluding carboxylic acids is 2. The van der Waals surface area contributed by atoms with E-state index in [9.17, 15) is 22.8 Å². The number of piperidine rings is 1. The SMILES string of the molecule is O=C1CO[C@H]2CCN(C(=O)N3CC4(CC(Cc5noc(C6(C(F)(F)F)CC6)n5)C4)C3)C[C@H]2N1. The van der Waals surface area contributed by atoms with E-state index in [1.807, 2.05) is 4.90 Å². The number of amides is 3. The van der Waals surface area contributed by atoms with Crippen LogP contribution in [0.25, 0.3) is 0 Å². The van der Waals surface area contributed by atoms with Crippen LogP contribution in [0.3, 0.4) is 0 Å². The van der Waals surface area contributed by atoms with Crippen molar-refractivity contribution in [3.8, 4) is 0 Å². The molecule has 1 aromatic heterocycles. The highest BCUT2D eigenvalue weighted by Crippen LogP contribution is 2.58. The number of halogens is 3. The molecule has 33 heavy (non-hydrogen) atoms. The van der Waals surface area contributed by atoms with Gasteiger partial charge in [-0.15, -0.1) is 0 Å². The van der Waals surface area contributed by atoms with E-state index >= 15 is 0 Å². The summed E-state index contributed by atoms with van der Waals surface area (Å²) in [5, 5.41) is 6.71. The number of alkyl halides is 3. The molecule has 2 saturated carbocycles. The Kier molecular flexibility index (Phi) is 4.54. The standard InChI is InChI=1S/C21H26F3N5O4/c22-21(23,24)20(2-3-20)17-26-15(27-33-17)5-12-6-19(7-12)10-29(11-19)18(31)28-4-1-14-13(8-28)25-16(30)9-32-14/h12-14H,1-11H2,(H,25,30)/t13-,14+/m1/s1. The highest BCUT2D eigenvalue weighted by molar-refractivity contribution is 5.79. The molecule has 5 fully saturated rings. The number of carbonyl (C=O) groups is 2. The predicted molar refractivity (Wildman–Crippen MR) is 105 cm³/mol. The molecule has 180 valence electrons. The molecule has 3 saturated heterocycles. The molecule has 9 nitrogen and oxygen atoms in total. The lowest BCUT2D eigenvalue weighted by Gasteiger charge is -2.59. The molecule has 6 rings (SSSR count). The van der Waals surface area contributed by atoms with Crippen molar-refractivity contribution < 1.29 is 32.0 Å². The third-order valence-corrected chi connectivity index (χ3v) is 8.00. The van der Waals surface area contributed by atoms with Gasteiger partial charge >= 0.3 is 12.2 Å². The fourth-order valence-corrected chi connectivity index (χ4v) is 6.07. The first kappa shape index (κ1) is 21.2. The molecule has 3 aliphatic heterocycles. The van der Waals surface area contributed by atoms with E-state index in [0.29, 0.717) is 50.8 Å². The van der Waals surface area contributed by atoms with Crippen molar-refractivity contribution in [1.29, 1.82) is 0 Å². The van der Waals surface area contributed by atoms with Gasteiger partial charge in [0.1, 0.15) is 12.0 Å². The third-order valence-electron chi connectivity index (χ3n) is 8.00. The Morgan fingerprint density at radius 2 is 1.97 bits per heavy atom. The van der Waals surface area contributed by atoms with Gasteiger partial charge in [0.2, 0.25) is 11.8 Å². The molecule has 5 aliphatic rings. The first-order valence-corrected chi connectivity index (χ1v) is 11.5. The first-order valence-electron chi connectivity index (χ1n) is 11.5. The summed E-state index contributed by atoms with van der Waals surface area (Å²) in [6.07, 6.45) is -1.36. The zero-order valence-corrected chi connectivity index (χ0v) is 18.1. The number of hydrogen-bond acceptors (Lipinski definition) is 6. The van der Waals surface area contributed by atoms with E-state index in [1.54, 1.807) is 4.90 Å². The summed E-state index contributed by atoms with van der Waals surface area (Å²) in [4.78, 5) is 32.2. The Morgan fingerprint density at radius 1 is 1.21 bits per heavy atom. The van der Waals surface area contributed by atoms with Crippen LogP contribution in [-0.4, -0.2) is 83.0 Å². The van der Waals surface area contributed by atoms with Gasteiger partial charge in [-0.25, -0.2) is 4.79 Å². The number of likely N-dealkylation sites (tertiary alicyclic amines) is 2. The number of morpholine rings is 1. The van der Waals surface area contributed by atoms with Crippen molar-refractivity contribution in [1.82, 2.24) is 25.3 Å². The van der Waals surface area contributed by atoms with Crippen molar-refractivity contribution in [2.45, 2.75) is 62.3 Å². The van der Waals surface area contributed by atoms with Gasteiger partial charge < -0.3 is 24.4 Å². The number of nitrogens with zero attached hydrogens (tertiary/aromatic N) is 4. The summed E-state index contributed by atoms with van der Waals surface area (Å²) in [5.74, 6) is 0.183. The van der Waals surface area contributed by atoms with Crippen molar-refractivity contribution in [2.75, 3.05) is 32.8 Å². The van der Waals surface area contributed by atoms with Crippen molar-refractivity contribution in [3.63, 3.8) is 0 Å². The van der Waals surface area contributed by atoms with Crippen LogP contribution in [0.2, 0.25) is 0 Å². The molecule has 0 aromatic carbocycles. The highest BCUT2D eigenvalue weighted by Gasteiger charge is 2.68. The van der Waals surface area contributed by atoms with Crippen LogP contribution < -0.4 is 5.32 Å². The third kappa shape index (κ3) is 3.48. The van der Waals surface area contributed by atoms with Crippen LogP contribution in [0.5, 0.6) is 0 Å². The van der Waals surface area contributed by atoms with Crippen LogP contribution in [0.4, 0.5) is 18.0 Å². The van der Waals surface area contributed by atoms with E-state index in [-0.39, 0.29) is 54.8 Å². The van der Waals surface area contributed by atoms with Gasteiger partial charge in [-0.3, -0.25) is 4.79 Å². The average molecular weight is 469 g/mol. The highest BCUT2D eigenvalue weighted by atomic mass is 19.4. The smallest absolute Gasteiger partial charge is 0.366 e. The molecule has 2 atom stereocenters. The molecule has 3 amide bonds. The molecule has 1 N–H and O–H groups in total. The van der Waals surface area contributed by atoms with Gasteiger partial charge in [0.25, 0.3) is 0 Å². The normalized spacial score (nSPS) is 30.3. The van der Waals surface area contributed by atoms with Crippen molar-refractivity contribution in [2.24, 2.45) is 11.3 Å². The zero-order valence-electron chi connectivity index (χ0n) is 18.1. The number of urea groups is 1. The maximum absolute atomic E-state index is 13.2. The Morgan fingerprint density at radius 3 is 2.67 bits per heavy atom. The second-order valence-corrected chi connectivity index (χ2v) is 10.5. The van der Waals surface area contributed by atoms with E-state index in [4.69, 9.17) is 9.26 Å². The molecule has 0 radical (unpaired) electrons. The molecule has 12 heteroatoms. The van der Waals surface area contributed by atoms with E-state index < -0.39 is 11.6 Å². The van der Waals surface area contributed by atoms with Gasteiger partial charge in [0, 0.05) is 38.0 Å². The molecule has 0 unspecified atom stereocenters. The average Bonchev–Trinajstić information content (AvgIpc) is 3.41. The number of rotatable bonds is 3. The summed E-state index contributed by atoms with van der Waals surface area (Å²) in [5.41, 5.74) is -1.84. The largest absolute Gasteiger partial charge is 0.403 e. The van der Waals surface area contributed by atoms with Gasteiger partial charge in [-0.1, -0.05) is 5.16 Å². The first-order chi connectivity index (χ1) is 15.7. The van der Waals surface area contributed by atoms with Crippen molar-refractivity contribution >= 4 is 11.9 Å². The predicted octanol–water partition coefficient (Wildman–Crippen LogP) is 1.63. The summed E-state index contributed by atoms with van der Waals surface area (Å²) in [6.45, 7) is 2.52. The van der Waals surface area contributed by atoms with E-state index in [0.717, 1.165) is 12.8 Å². The molecule has 4 heterocycles. The van der Waals surface area contributed by atoms with Gasteiger partial charge in [-0.05, 0) is 38.0 Å². The lowest BCUT2D eigenvalue weighted by molar-refractivity contribution is -0.166. The molecule has 1 aromatic rings. The quantitative estimate of drug-likeness (QED) is 0.722. The molecular weight excluding hydrogens is 443 g/mol. The summed E-state index contributed by atoms with van der Waals surface area (Å²) in [6, 6.07) is -0.161. The summed E-state index contributed by atoms with van der Waals surface area (Å²) in [7, 11) is 0. The Bertz CT molecular complexity index is 963. The van der Waals surface area contributed by atoms with Gasteiger partial charge in [0.05, 0.1) is 12.1 Å². The van der Waals surface area contributed by atoms with Crippen molar-refractivity contribution in [3.05, 3.63) is 11.7 Å². The lowest BCUT2D eigenvalue weighted by Crippen LogP contribution is -2.68. The number of aromatic nitrogens is 2. The topological polar surface area (TPSA) is 101 Å². The minimum absolute atomic E-state index is 0.00630. The fraction of sp³-hybridized carbons (Fsp3) is 0.810. The lowest BCUT2D eigenvalue weighted by atomic mass is 9.57. The molecular formula is C21H26F3N5O4. The second-order valence-electron chi connectivity index (χ2n) is 10.5. The maximum atomic E-state index is 13.2. The molecule has 0 bridgehead atoms. The number of hydrogen-bond donors (Lipinski definition) is 1. The Labute approximate surface area is 188 Å². The Balaban J connectivity index is 0.979. The minimum atomic E-state index is -4.36. The van der Waals surface area contributed by atoms with Gasteiger partial charge in [0.15, 0.2) is 5.82 Å². The van der Waals surface area contributed by atoms with Crippen LogP contribution in [0.15, 0.2) is 4.52 Å². The summed E-state index contributed by atoms with van der Waals surface area (Å²) >= 11 is 0. The number of ether oxygens (including phenoxy) is 1. The Hall–Kier alpha value is -2.37. The second kappa shape index (κ2) is 7.07. The van der Waals surface area contributed by atoms with E-state index in [1.165, 1.54) is 0 Å². The molecule has 1 spiro atoms. The van der Waals surface area contributed by atoms with Crippen LogP contribution in [-0.2, 0) is 21.4 Å². The number of fused-ring (bicyclic) bond motifs is 1. The van der Waals surface area contributed by atoms with E-state index in [2.05, 4.69) is 15.5 Å². The monoisotopic (exact) mass is 469 g/mol. The fourth-order valence-electron chi connectivity index (χ4n) is 6.07. The molecule has 2 aliphatic carbocycles. The maximum Gasteiger partial charge on any atom is 0.403 e. The van der Waals surface area contributed by atoms with Gasteiger partial charge in [-0.2, -0.15) is 18.2 Å². The van der Waals surface area contributed by atoms with Crippen LogP contribution in [0, 0.1) is 11.3 Å². The van der Waals surface area contributed by atoms with Crippen LogP contribution in [0.1, 0.15) is 43.8 Å². The zero-order chi connectivity index (χ0) is 23.0. The minimum Gasteiger partial charge on any atom is -0.366 e. The van der Waals surface area contributed by atoms with Crippen LogP contribution >= 0.6 is 0 Å².